The van der Waals surface area contributed by atoms with Crippen LogP contribution in [-0.4, -0.2) is 28.7 Å². The van der Waals surface area contributed by atoms with Crippen molar-refractivity contribution in [2.45, 2.75) is 76.3 Å². The highest BCUT2D eigenvalue weighted by molar-refractivity contribution is 5.99. The van der Waals surface area contributed by atoms with Gasteiger partial charge in [0.1, 0.15) is 17.3 Å². The number of epoxide rings is 2. The third-order valence-electron chi connectivity index (χ3n) is 6.55. The molecule has 0 unspecified atom stereocenters. The first-order valence-electron chi connectivity index (χ1n) is 7.21. The second-order valence-corrected chi connectivity index (χ2v) is 7.58. The minimum Gasteiger partial charge on any atom is -0.357 e. The molecule has 0 aromatic carbocycles. The van der Waals surface area contributed by atoms with Crippen LogP contribution in [0.3, 0.4) is 0 Å². The summed E-state index contributed by atoms with van der Waals surface area (Å²) in [6.45, 7) is 8.72. The molecule has 0 bridgehead atoms. The number of ketones is 1. The molecule has 2 spiro atoms. The second kappa shape index (κ2) is 2.71. The van der Waals surface area contributed by atoms with E-state index >= 15 is 0 Å². The van der Waals surface area contributed by atoms with Crippen molar-refractivity contribution in [3.63, 3.8) is 0 Å². The maximum absolute atomic E-state index is 12.6. The van der Waals surface area contributed by atoms with Gasteiger partial charge >= 0.3 is 0 Å². The van der Waals surface area contributed by atoms with E-state index in [9.17, 15) is 4.79 Å². The standard InChI is InChI=1S/C15H22O3/c1-9-6-5-7-14-11(17-14)10(16)15(8-13(9,14)4)12(2,3)18-15/h9,11H,5-8H2,1-4H3/t9-,11+,13+,14+,15-/m0/s1. The van der Waals surface area contributed by atoms with Gasteiger partial charge in [-0.3, -0.25) is 4.79 Å². The molecular formula is C15H22O3. The number of rotatable bonds is 0. The highest BCUT2D eigenvalue weighted by atomic mass is 16.7. The zero-order chi connectivity index (χ0) is 13.0. The molecule has 0 radical (unpaired) electrons. The van der Waals surface area contributed by atoms with Gasteiger partial charge in [0, 0.05) is 5.41 Å². The molecule has 0 N–H and O–H groups in total. The van der Waals surface area contributed by atoms with E-state index in [1.54, 1.807) is 0 Å². The largest absolute Gasteiger partial charge is 0.357 e. The summed E-state index contributed by atoms with van der Waals surface area (Å²) in [5, 5.41) is 0. The maximum Gasteiger partial charge on any atom is 0.199 e. The zero-order valence-corrected chi connectivity index (χ0v) is 11.7. The summed E-state index contributed by atoms with van der Waals surface area (Å²) in [5.74, 6) is 0.834. The minimum absolute atomic E-state index is 0.109. The molecule has 4 rings (SSSR count). The molecule has 2 heterocycles. The first-order chi connectivity index (χ1) is 8.29. The fourth-order valence-electron chi connectivity index (χ4n) is 4.90. The van der Waals surface area contributed by atoms with Crippen molar-refractivity contribution in [3.05, 3.63) is 0 Å². The average molecular weight is 250 g/mol. The highest BCUT2D eigenvalue weighted by Crippen LogP contribution is 2.72. The summed E-state index contributed by atoms with van der Waals surface area (Å²) in [6.07, 6.45) is 4.17. The lowest BCUT2D eigenvalue weighted by Gasteiger charge is -2.48. The molecule has 2 aliphatic heterocycles. The fourth-order valence-corrected chi connectivity index (χ4v) is 4.90. The third-order valence-corrected chi connectivity index (χ3v) is 6.55. The minimum atomic E-state index is -0.544. The number of Topliss-reactive ketones (excluding diaryl/α,β-unsaturated/α-hetero) is 1. The Hall–Kier alpha value is -0.410. The molecule has 0 amide bonds. The van der Waals surface area contributed by atoms with Crippen LogP contribution < -0.4 is 0 Å². The highest BCUT2D eigenvalue weighted by Gasteiger charge is 2.85. The van der Waals surface area contributed by atoms with Gasteiger partial charge in [-0.1, -0.05) is 20.3 Å². The molecule has 0 aromatic rings. The van der Waals surface area contributed by atoms with Crippen molar-refractivity contribution in [1.82, 2.24) is 0 Å². The molecule has 2 saturated carbocycles. The van der Waals surface area contributed by atoms with Gasteiger partial charge in [-0.15, -0.1) is 0 Å². The molecule has 0 aromatic heterocycles. The average Bonchev–Trinajstić information content (AvgIpc) is 3.11. The van der Waals surface area contributed by atoms with Crippen LogP contribution in [0.15, 0.2) is 0 Å². The summed E-state index contributed by atoms with van der Waals surface area (Å²) < 4.78 is 11.9. The molecule has 4 aliphatic rings. The topological polar surface area (TPSA) is 42.1 Å². The van der Waals surface area contributed by atoms with Crippen molar-refractivity contribution < 1.29 is 14.3 Å². The number of ether oxygens (including phenoxy) is 2. The van der Waals surface area contributed by atoms with Crippen LogP contribution in [0.25, 0.3) is 0 Å². The van der Waals surface area contributed by atoms with Gasteiger partial charge in [0.25, 0.3) is 0 Å². The number of hydrogen-bond acceptors (Lipinski definition) is 3. The number of carbonyl (C=O) groups excluding carboxylic acids is 1. The summed E-state index contributed by atoms with van der Waals surface area (Å²) in [6, 6.07) is 0. The lowest BCUT2D eigenvalue weighted by atomic mass is 9.52. The smallest absolute Gasteiger partial charge is 0.199 e. The van der Waals surface area contributed by atoms with E-state index in [0.717, 1.165) is 12.8 Å². The van der Waals surface area contributed by atoms with Gasteiger partial charge in [-0.25, -0.2) is 0 Å². The first-order valence-corrected chi connectivity index (χ1v) is 7.21. The quantitative estimate of drug-likeness (QED) is 0.620. The van der Waals surface area contributed by atoms with E-state index in [-0.39, 0.29) is 28.5 Å². The Bertz CT molecular complexity index is 457. The molecule has 3 nitrogen and oxygen atoms in total. The van der Waals surface area contributed by atoms with Gasteiger partial charge in [-0.2, -0.15) is 0 Å². The summed E-state index contributed by atoms with van der Waals surface area (Å²) in [4.78, 5) is 12.6. The Kier molecular flexibility index (Phi) is 1.72. The lowest BCUT2D eigenvalue weighted by molar-refractivity contribution is -0.130. The van der Waals surface area contributed by atoms with E-state index in [2.05, 4.69) is 13.8 Å². The number of hydrogen-bond donors (Lipinski definition) is 0. The SMILES string of the molecule is C[C@H]1CCC[C@@]23O[C@@H]2C(=O)[C@]2(C[C@]13C)OC2(C)C. The van der Waals surface area contributed by atoms with Crippen molar-refractivity contribution in [2.24, 2.45) is 11.3 Å². The number of carbonyl (C=O) groups is 1. The molecule has 100 valence electrons. The second-order valence-electron chi connectivity index (χ2n) is 7.58. The van der Waals surface area contributed by atoms with Crippen molar-refractivity contribution in [1.29, 1.82) is 0 Å². The van der Waals surface area contributed by atoms with Gasteiger partial charge in [0.15, 0.2) is 11.4 Å². The Morgan fingerprint density at radius 3 is 2.56 bits per heavy atom. The molecule has 5 atom stereocenters. The zero-order valence-electron chi connectivity index (χ0n) is 11.7. The van der Waals surface area contributed by atoms with Crippen LogP contribution in [0, 0.1) is 11.3 Å². The summed E-state index contributed by atoms with van der Waals surface area (Å²) in [5.41, 5.74) is -0.868. The Morgan fingerprint density at radius 2 is 1.94 bits per heavy atom. The van der Waals surface area contributed by atoms with Crippen LogP contribution in [0.5, 0.6) is 0 Å². The van der Waals surface area contributed by atoms with E-state index in [0.29, 0.717) is 5.92 Å². The van der Waals surface area contributed by atoms with Crippen LogP contribution >= 0.6 is 0 Å². The van der Waals surface area contributed by atoms with E-state index in [4.69, 9.17) is 9.47 Å². The summed E-state index contributed by atoms with van der Waals surface area (Å²) >= 11 is 0. The van der Waals surface area contributed by atoms with E-state index in [1.165, 1.54) is 12.8 Å². The lowest BCUT2D eigenvalue weighted by Crippen LogP contribution is -2.57. The Balaban J connectivity index is 1.79. The predicted octanol–water partition coefficient (Wildman–Crippen LogP) is 2.47. The molecule has 3 heteroatoms. The van der Waals surface area contributed by atoms with Crippen molar-refractivity contribution >= 4 is 5.78 Å². The molecule has 2 aliphatic carbocycles. The fraction of sp³-hybridized carbons (Fsp3) is 0.933. The van der Waals surface area contributed by atoms with Gasteiger partial charge in [0.2, 0.25) is 0 Å². The third kappa shape index (κ3) is 0.935. The van der Waals surface area contributed by atoms with Crippen LogP contribution in [0.1, 0.15) is 53.4 Å². The van der Waals surface area contributed by atoms with Crippen LogP contribution in [0.2, 0.25) is 0 Å². The van der Waals surface area contributed by atoms with Crippen LogP contribution in [0.4, 0.5) is 0 Å². The van der Waals surface area contributed by atoms with E-state index in [1.807, 2.05) is 13.8 Å². The van der Waals surface area contributed by atoms with Gasteiger partial charge in [-0.05, 0) is 39.0 Å². The molecule has 18 heavy (non-hydrogen) atoms. The Morgan fingerprint density at radius 1 is 1.28 bits per heavy atom. The van der Waals surface area contributed by atoms with E-state index < -0.39 is 5.60 Å². The molecule has 4 fully saturated rings. The molecular weight excluding hydrogens is 228 g/mol. The van der Waals surface area contributed by atoms with Gasteiger partial charge in [0.05, 0.1) is 0 Å². The van der Waals surface area contributed by atoms with Crippen molar-refractivity contribution in [2.75, 3.05) is 0 Å². The predicted molar refractivity (Wildman–Crippen MR) is 66.2 cm³/mol. The van der Waals surface area contributed by atoms with Crippen molar-refractivity contribution in [3.8, 4) is 0 Å². The Labute approximate surface area is 108 Å². The monoisotopic (exact) mass is 250 g/mol. The van der Waals surface area contributed by atoms with Crippen LogP contribution in [-0.2, 0) is 14.3 Å². The first kappa shape index (κ1) is 11.4. The maximum atomic E-state index is 12.6. The molecule has 2 saturated heterocycles. The normalized spacial score (nSPS) is 60.1. The van der Waals surface area contributed by atoms with Gasteiger partial charge < -0.3 is 9.47 Å². The summed E-state index contributed by atoms with van der Waals surface area (Å²) in [7, 11) is 0.